The molecule has 3 rings (SSSR count). The van der Waals surface area contributed by atoms with E-state index in [9.17, 15) is 25.2 Å². The van der Waals surface area contributed by atoms with E-state index in [4.69, 9.17) is 19.9 Å². The molecular formula is C26H40N4O8. The number of benzene rings is 1. The normalized spacial score (nSPS) is 24.0. The summed E-state index contributed by atoms with van der Waals surface area (Å²) in [5.41, 5.74) is 7.15. The second-order valence-corrected chi connectivity index (χ2v) is 10.3. The average Bonchev–Trinajstić information content (AvgIpc) is 3.27. The average molecular weight is 537 g/mol. The number of rotatable bonds is 13. The van der Waals surface area contributed by atoms with Gasteiger partial charge in [-0.15, -0.1) is 5.10 Å². The molecule has 0 unspecified atom stereocenters. The van der Waals surface area contributed by atoms with Gasteiger partial charge in [0.15, 0.2) is 0 Å². The van der Waals surface area contributed by atoms with Crippen molar-refractivity contribution in [3.8, 4) is 11.6 Å². The number of carbonyl (C=O) groups is 1. The number of hydrogen-bond acceptors (Lipinski definition) is 10. The minimum absolute atomic E-state index is 0.0976. The predicted molar refractivity (Wildman–Crippen MR) is 138 cm³/mol. The van der Waals surface area contributed by atoms with Gasteiger partial charge in [0.25, 0.3) is 0 Å². The number of amides is 1. The van der Waals surface area contributed by atoms with Crippen LogP contribution in [-0.2, 0) is 16.0 Å². The maximum absolute atomic E-state index is 11.4. The van der Waals surface area contributed by atoms with Gasteiger partial charge >= 0.3 is 0 Å². The molecule has 1 aromatic heterocycles. The summed E-state index contributed by atoms with van der Waals surface area (Å²) in [6, 6.07) is 7.59. The second-order valence-electron chi connectivity index (χ2n) is 10.3. The molecule has 8 N–H and O–H groups in total. The van der Waals surface area contributed by atoms with Gasteiger partial charge in [-0.05, 0) is 50.4 Å². The number of H-pyrrole nitrogens is 1. The summed E-state index contributed by atoms with van der Waals surface area (Å²) in [5, 5.41) is 50.2. The largest absolute Gasteiger partial charge is 0.494 e. The Balaban J connectivity index is 1.63. The number of nitrogens with zero attached hydrogens (tertiary/aromatic N) is 1. The van der Waals surface area contributed by atoms with Crippen LogP contribution >= 0.6 is 0 Å². The second kappa shape index (κ2) is 12.9. The van der Waals surface area contributed by atoms with Crippen LogP contribution in [0.5, 0.6) is 11.6 Å². The van der Waals surface area contributed by atoms with Crippen LogP contribution in [0, 0.1) is 0 Å². The molecule has 2 aromatic rings. The number of carbonyl (C=O) groups excluding carboxylic acids is 1. The molecule has 38 heavy (non-hydrogen) atoms. The third kappa shape index (κ3) is 7.22. The number of nitrogens with one attached hydrogen (secondary N) is 2. The van der Waals surface area contributed by atoms with Gasteiger partial charge in [-0.25, -0.2) is 0 Å². The number of hydrogen-bond donors (Lipinski definition) is 7. The summed E-state index contributed by atoms with van der Waals surface area (Å²) in [4.78, 5) is 11.4. The van der Waals surface area contributed by atoms with Crippen LogP contribution in [0.25, 0.3) is 0 Å². The van der Waals surface area contributed by atoms with Crippen LogP contribution in [0.3, 0.4) is 0 Å². The molecular weight excluding hydrogens is 496 g/mol. The van der Waals surface area contributed by atoms with Gasteiger partial charge in [-0.1, -0.05) is 26.0 Å². The van der Waals surface area contributed by atoms with Gasteiger partial charge in [-0.2, -0.15) is 0 Å². The van der Waals surface area contributed by atoms with E-state index in [1.165, 1.54) is 0 Å². The summed E-state index contributed by atoms with van der Waals surface area (Å²) in [5.74, 6) is 0.594. The van der Waals surface area contributed by atoms with Gasteiger partial charge in [0, 0.05) is 17.7 Å². The van der Waals surface area contributed by atoms with Gasteiger partial charge in [0.05, 0.1) is 18.8 Å². The van der Waals surface area contributed by atoms with Crippen molar-refractivity contribution in [1.82, 2.24) is 15.5 Å². The maximum atomic E-state index is 11.4. The molecule has 12 heteroatoms. The van der Waals surface area contributed by atoms with E-state index in [1.54, 1.807) is 13.8 Å². The van der Waals surface area contributed by atoms with E-state index in [0.717, 1.165) is 16.8 Å². The van der Waals surface area contributed by atoms with E-state index in [-0.39, 0.29) is 11.8 Å². The number of aromatic nitrogens is 2. The van der Waals surface area contributed by atoms with Crippen LogP contribution in [-0.4, -0.2) is 92.5 Å². The number of nitrogens with two attached hydrogens (primary N) is 1. The van der Waals surface area contributed by atoms with Crippen molar-refractivity contribution < 1.29 is 39.4 Å². The van der Waals surface area contributed by atoms with Crippen LogP contribution in [0.4, 0.5) is 0 Å². The van der Waals surface area contributed by atoms with E-state index in [1.807, 2.05) is 38.1 Å². The Labute approximate surface area is 222 Å². The third-order valence-electron chi connectivity index (χ3n) is 6.59. The Morgan fingerprint density at radius 3 is 2.47 bits per heavy atom. The summed E-state index contributed by atoms with van der Waals surface area (Å²) >= 11 is 0. The number of aliphatic hydroxyl groups is 4. The van der Waals surface area contributed by atoms with E-state index >= 15 is 0 Å². The fourth-order valence-corrected chi connectivity index (χ4v) is 4.04. The molecule has 1 fully saturated rings. The molecule has 0 radical (unpaired) electrons. The Morgan fingerprint density at radius 2 is 1.87 bits per heavy atom. The first-order chi connectivity index (χ1) is 17.9. The fraction of sp³-hybridized carbons (Fsp3) is 0.615. The highest BCUT2D eigenvalue weighted by molar-refractivity contribution is 5.83. The van der Waals surface area contributed by atoms with Gasteiger partial charge in [0.1, 0.15) is 30.2 Å². The first-order valence-corrected chi connectivity index (χ1v) is 12.8. The molecule has 1 aromatic carbocycles. The summed E-state index contributed by atoms with van der Waals surface area (Å²) in [6.07, 6.45) is -5.80. The lowest BCUT2D eigenvalue weighted by atomic mass is 9.98. The lowest BCUT2D eigenvalue weighted by Crippen LogP contribution is -2.60. The highest BCUT2D eigenvalue weighted by atomic mass is 16.7. The summed E-state index contributed by atoms with van der Waals surface area (Å²) in [7, 11) is 0. The van der Waals surface area contributed by atoms with Crippen molar-refractivity contribution in [3.63, 3.8) is 0 Å². The van der Waals surface area contributed by atoms with Crippen molar-refractivity contribution in [1.29, 1.82) is 0 Å². The molecule has 0 saturated carbocycles. The molecule has 1 aliphatic heterocycles. The quantitative estimate of drug-likeness (QED) is 0.170. The van der Waals surface area contributed by atoms with Crippen LogP contribution in [0.15, 0.2) is 24.3 Å². The lowest BCUT2D eigenvalue weighted by molar-refractivity contribution is -0.278. The fourth-order valence-electron chi connectivity index (χ4n) is 4.04. The van der Waals surface area contributed by atoms with E-state index in [0.29, 0.717) is 31.7 Å². The van der Waals surface area contributed by atoms with Crippen molar-refractivity contribution in [2.75, 3.05) is 19.8 Å². The minimum atomic E-state index is -1.55. The van der Waals surface area contributed by atoms with Crippen LogP contribution < -0.4 is 20.5 Å². The van der Waals surface area contributed by atoms with Gasteiger partial charge in [-0.3, -0.25) is 9.89 Å². The number of ether oxygens (including phenoxy) is 3. The topological polar surface area (TPSA) is 192 Å². The molecule has 5 atom stereocenters. The lowest BCUT2D eigenvalue weighted by Gasteiger charge is -2.39. The smallest absolute Gasteiger partial charge is 0.238 e. The zero-order valence-corrected chi connectivity index (χ0v) is 22.3. The Kier molecular flexibility index (Phi) is 10.1. The van der Waals surface area contributed by atoms with Crippen molar-refractivity contribution in [3.05, 3.63) is 41.1 Å². The van der Waals surface area contributed by atoms with Crippen LogP contribution in [0.1, 0.15) is 56.9 Å². The molecule has 1 aliphatic rings. The molecule has 212 valence electrons. The number of primary amides is 1. The molecule has 0 spiro atoms. The monoisotopic (exact) mass is 536 g/mol. The molecule has 0 aliphatic carbocycles. The highest BCUT2D eigenvalue weighted by Gasteiger charge is 2.45. The molecule has 1 amide bonds. The maximum Gasteiger partial charge on any atom is 0.238 e. The third-order valence-corrected chi connectivity index (χ3v) is 6.59. The summed E-state index contributed by atoms with van der Waals surface area (Å²) in [6.45, 7) is 7.99. The molecule has 2 heterocycles. The Bertz CT molecular complexity index is 1040. The van der Waals surface area contributed by atoms with E-state index in [2.05, 4.69) is 15.5 Å². The molecule has 12 nitrogen and oxygen atoms in total. The van der Waals surface area contributed by atoms with Crippen LogP contribution in [0.2, 0.25) is 0 Å². The Hall–Kier alpha value is -2.74. The van der Waals surface area contributed by atoms with Crippen molar-refractivity contribution in [2.45, 2.75) is 82.7 Å². The molecule has 1 saturated heterocycles. The Morgan fingerprint density at radius 1 is 1.18 bits per heavy atom. The van der Waals surface area contributed by atoms with Gasteiger partial charge < -0.3 is 45.7 Å². The van der Waals surface area contributed by atoms with Crippen molar-refractivity contribution >= 4 is 5.91 Å². The summed E-state index contributed by atoms with van der Waals surface area (Å²) < 4.78 is 17.1. The minimum Gasteiger partial charge on any atom is -0.494 e. The highest BCUT2D eigenvalue weighted by Crippen LogP contribution is 2.31. The van der Waals surface area contributed by atoms with Crippen molar-refractivity contribution in [2.24, 2.45) is 5.73 Å². The number of aromatic amines is 1. The predicted octanol–water partition coefficient (Wildman–Crippen LogP) is -0.0750. The first kappa shape index (κ1) is 29.8. The molecule has 0 bridgehead atoms. The zero-order chi connectivity index (χ0) is 28.0. The standard InChI is InChI=1S/C26H40N4O8/c1-14(2)19-17(23(30-29-19)38-24-22(34)21(33)20(32)18(13-31)37-24)12-15-6-8-16(9-7-15)36-11-5-10-28-26(3,4)25(27)35/h6-9,14,18,20-22,24,28,31-34H,5,10-13H2,1-4H3,(H2,27,35)(H,29,30)/t18-,20-,21+,22-,24+/m1/s1. The zero-order valence-electron chi connectivity index (χ0n) is 22.3. The first-order valence-electron chi connectivity index (χ1n) is 12.8. The van der Waals surface area contributed by atoms with E-state index < -0.39 is 48.8 Å². The number of aliphatic hydroxyl groups excluding tert-OH is 4. The SMILES string of the molecule is CC(C)c1[nH]nc(O[C@@H]2O[C@H](CO)[C@@H](O)[C@H](O)[C@H]2O)c1Cc1ccc(OCCCNC(C)(C)C(N)=O)cc1. The van der Waals surface area contributed by atoms with Gasteiger partial charge in [0.2, 0.25) is 18.1 Å².